The maximum atomic E-state index is 11.3. The van der Waals surface area contributed by atoms with E-state index in [0.29, 0.717) is 6.42 Å². The number of rotatable bonds is 5. The van der Waals surface area contributed by atoms with Crippen LogP contribution in [0.2, 0.25) is 0 Å². The summed E-state index contributed by atoms with van der Waals surface area (Å²) in [6.45, 7) is 4.54. The third-order valence-electron chi connectivity index (χ3n) is 2.96. The average Bonchev–Trinajstić information content (AvgIpc) is 2.48. The molecule has 104 valence electrons. The van der Waals surface area contributed by atoms with Gasteiger partial charge < -0.3 is 10.6 Å². The summed E-state index contributed by atoms with van der Waals surface area (Å²) in [4.78, 5) is 15.5. The summed E-state index contributed by atoms with van der Waals surface area (Å²) < 4.78 is 0. The van der Waals surface area contributed by atoms with E-state index in [0.717, 1.165) is 29.2 Å². The summed E-state index contributed by atoms with van der Waals surface area (Å²) in [5.41, 5.74) is 3.99. The Morgan fingerprint density at radius 3 is 2.40 bits per heavy atom. The Labute approximate surface area is 119 Å². The first-order valence-electron chi connectivity index (χ1n) is 6.72. The highest BCUT2D eigenvalue weighted by molar-refractivity contribution is 5.90. The highest BCUT2D eigenvalue weighted by atomic mass is 16.1. The lowest BCUT2D eigenvalue weighted by atomic mass is 10.2. The van der Waals surface area contributed by atoms with E-state index in [1.807, 2.05) is 50.4 Å². The highest BCUT2D eigenvalue weighted by Crippen LogP contribution is 2.14. The number of aromatic nitrogens is 1. The number of carbonyl (C=O) groups is 1. The molecule has 20 heavy (non-hydrogen) atoms. The van der Waals surface area contributed by atoms with E-state index in [-0.39, 0.29) is 5.91 Å². The van der Waals surface area contributed by atoms with Crippen molar-refractivity contribution in [3.05, 3.63) is 53.9 Å². The lowest BCUT2D eigenvalue weighted by Gasteiger charge is -2.08. The molecule has 0 saturated heterocycles. The number of nitrogens with zero attached hydrogens (tertiary/aromatic N) is 1. The summed E-state index contributed by atoms with van der Waals surface area (Å²) in [6.07, 6.45) is 2.36. The van der Waals surface area contributed by atoms with Crippen LogP contribution in [0.4, 0.5) is 11.4 Å². The molecular weight excluding hydrogens is 250 g/mol. The van der Waals surface area contributed by atoms with Gasteiger partial charge in [0, 0.05) is 36.2 Å². The van der Waals surface area contributed by atoms with Gasteiger partial charge in [0.05, 0.1) is 0 Å². The Bertz CT molecular complexity index is 561. The third-order valence-corrected chi connectivity index (χ3v) is 2.96. The first-order chi connectivity index (χ1) is 9.67. The van der Waals surface area contributed by atoms with Gasteiger partial charge >= 0.3 is 0 Å². The van der Waals surface area contributed by atoms with E-state index in [9.17, 15) is 4.79 Å². The lowest BCUT2D eigenvalue weighted by Crippen LogP contribution is -2.09. The molecule has 4 nitrogen and oxygen atoms in total. The number of nitrogens with one attached hydrogen (secondary N) is 2. The monoisotopic (exact) mass is 269 g/mol. The van der Waals surface area contributed by atoms with Crippen molar-refractivity contribution in [1.82, 2.24) is 4.98 Å². The van der Waals surface area contributed by atoms with Gasteiger partial charge in [-0.1, -0.05) is 13.0 Å². The summed E-state index contributed by atoms with van der Waals surface area (Å²) in [5.74, 6) is 0.0245. The fourth-order valence-corrected chi connectivity index (χ4v) is 1.73. The predicted molar refractivity (Wildman–Crippen MR) is 81.7 cm³/mol. The zero-order chi connectivity index (χ0) is 14.4. The van der Waals surface area contributed by atoms with Crippen LogP contribution in [0.5, 0.6) is 0 Å². The molecule has 0 aliphatic carbocycles. The number of carbonyl (C=O) groups excluding carboxylic acids is 1. The molecule has 0 aliphatic rings. The van der Waals surface area contributed by atoms with Crippen LogP contribution in [0, 0.1) is 6.92 Å². The summed E-state index contributed by atoms with van der Waals surface area (Å²) in [6, 6.07) is 11.7. The van der Waals surface area contributed by atoms with E-state index < -0.39 is 0 Å². The van der Waals surface area contributed by atoms with Crippen LogP contribution >= 0.6 is 0 Å². The molecule has 0 atom stereocenters. The minimum absolute atomic E-state index is 0.0245. The maximum absolute atomic E-state index is 11.3. The van der Waals surface area contributed by atoms with Gasteiger partial charge in [-0.05, 0) is 42.8 Å². The van der Waals surface area contributed by atoms with Crippen molar-refractivity contribution in [2.75, 3.05) is 10.6 Å². The van der Waals surface area contributed by atoms with Gasteiger partial charge in [-0.2, -0.15) is 0 Å². The van der Waals surface area contributed by atoms with Crippen molar-refractivity contribution >= 4 is 17.3 Å². The van der Waals surface area contributed by atoms with Crippen LogP contribution < -0.4 is 10.6 Å². The number of hydrogen-bond acceptors (Lipinski definition) is 3. The summed E-state index contributed by atoms with van der Waals surface area (Å²) in [5, 5.41) is 6.14. The van der Waals surface area contributed by atoms with Crippen molar-refractivity contribution in [3.63, 3.8) is 0 Å². The molecule has 0 spiro atoms. The smallest absolute Gasteiger partial charge is 0.224 e. The number of hydrogen-bond donors (Lipinski definition) is 2. The van der Waals surface area contributed by atoms with Crippen LogP contribution in [-0.4, -0.2) is 10.9 Å². The predicted octanol–water partition coefficient (Wildman–Crippen LogP) is 3.35. The number of amides is 1. The van der Waals surface area contributed by atoms with Gasteiger partial charge in [-0.3, -0.25) is 9.78 Å². The molecule has 2 rings (SSSR count). The first-order valence-corrected chi connectivity index (χ1v) is 6.72. The zero-order valence-corrected chi connectivity index (χ0v) is 11.8. The van der Waals surface area contributed by atoms with Gasteiger partial charge in [0.1, 0.15) is 0 Å². The fourth-order valence-electron chi connectivity index (χ4n) is 1.73. The number of pyridine rings is 1. The highest BCUT2D eigenvalue weighted by Gasteiger charge is 1.99. The third kappa shape index (κ3) is 4.09. The standard InChI is InChI=1S/C16H19N3O/c1-3-16(20)19-15-8-6-14(7-9-15)18-11-13-5-4-12(2)17-10-13/h4-10,18H,3,11H2,1-2H3,(H,19,20). The van der Waals surface area contributed by atoms with Gasteiger partial charge in [0.2, 0.25) is 5.91 Å². The van der Waals surface area contributed by atoms with Crippen molar-refractivity contribution in [3.8, 4) is 0 Å². The molecule has 0 saturated carbocycles. The Kier molecular flexibility index (Phi) is 4.71. The second kappa shape index (κ2) is 6.70. The summed E-state index contributed by atoms with van der Waals surface area (Å²) >= 11 is 0. The number of anilines is 2. The van der Waals surface area contributed by atoms with Crippen molar-refractivity contribution in [2.45, 2.75) is 26.8 Å². The largest absolute Gasteiger partial charge is 0.381 e. The molecule has 1 aromatic heterocycles. The van der Waals surface area contributed by atoms with Crippen LogP contribution in [-0.2, 0) is 11.3 Å². The van der Waals surface area contributed by atoms with E-state index in [1.54, 1.807) is 0 Å². The van der Waals surface area contributed by atoms with Crippen LogP contribution in [0.1, 0.15) is 24.6 Å². The average molecular weight is 269 g/mol. The topological polar surface area (TPSA) is 54.0 Å². The second-order valence-corrected chi connectivity index (χ2v) is 4.64. The number of benzene rings is 1. The molecule has 1 heterocycles. The number of aryl methyl sites for hydroxylation is 1. The Morgan fingerprint density at radius 2 is 1.80 bits per heavy atom. The summed E-state index contributed by atoms with van der Waals surface area (Å²) in [7, 11) is 0. The van der Waals surface area contributed by atoms with Gasteiger partial charge in [0.25, 0.3) is 0 Å². The van der Waals surface area contributed by atoms with Crippen LogP contribution in [0.3, 0.4) is 0 Å². The Morgan fingerprint density at radius 1 is 1.10 bits per heavy atom. The second-order valence-electron chi connectivity index (χ2n) is 4.64. The van der Waals surface area contributed by atoms with E-state index in [4.69, 9.17) is 0 Å². The van der Waals surface area contributed by atoms with Gasteiger partial charge in [-0.25, -0.2) is 0 Å². The van der Waals surface area contributed by atoms with E-state index in [1.165, 1.54) is 0 Å². The molecule has 2 N–H and O–H groups in total. The molecule has 1 amide bonds. The quantitative estimate of drug-likeness (QED) is 0.875. The molecule has 1 aromatic carbocycles. The van der Waals surface area contributed by atoms with Gasteiger partial charge in [-0.15, -0.1) is 0 Å². The van der Waals surface area contributed by atoms with Crippen molar-refractivity contribution < 1.29 is 4.79 Å². The van der Waals surface area contributed by atoms with E-state index >= 15 is 0 Å². The molecule has 2 aromatic rings. The molecule has 0 aliphatic heterocycles. The molecular formula is C16H19N3O. The van der Waals surface area contributed by atoms with Gasteiger partial charge in [0.15, 0.2) is 0 Å². The lowest BCUT2D eigenvalue weighted by molar-refractivity contribution is -0.115. The minimum atomic E-state index is 0.0245. The molecule has 0 unspecified atom stereocenters. The fraction of sp³-hybridized carbons (Fsp3) is 0.250. The Hall–Kier alpha value is -2.36. The van der Waals surface area contributed by atoms with Crippen molar-refractivity contribution in [1.29, 1.82) is 0 Å². The zero-order valence-electron chi connectivity index (χ0n) is 11.8. The van der Waals surface area contributed by atoms with Crippen LogP contribution in [0.25, 0.3) is 0 Å². The molecule has 0 fully saturated rings. The van der Waals surface area contributed by atoms with Crippen molar-refractivity contribution in [2.24, 2.45) is 0 Å². The normalized spacial score (nSPS) is 10.1. The first kappa shape index (κ1) is 14.1. The van der Waals surface area contributed by atoms with Crippen LogP contribution in [0.15, 0.2) is 42.6 Å². The maximum Gasteiger partial charge on any atom is 0.224 e. The molecule has 0 radical (unpaired) electrons. The minimum Gasteiger partial charge on any atom is -0.381 e. The van der Waals surface area contributed by atoms with E-state index in [2.05, 4.69) is 21.7 Å². The Balaban J connectivity index is 1.90. The molecule has 0 bridgehead atoms. The SMILES string of the molecule is CCC(=O)Nc1ccc(NCc2ccc(C)nc2)cc1. The molecule has 4 heteroatoms.